The molecule has 2 aromatic carbocycles. The summed E-state index contributed by atoms with van der Waals surface area (Å²) in [6.45, 7) is 6.02. The van der Waals surface area contributed by atoms with Gasteiger partial charge in [0.15, 0.2) is 0 Å². The lowest BCUT2D eigenvalue weighted by Gasteiger charge is -2.38. The lowest BCUT2D eigenvalue weighted by molar-refractivity contribution is 0.0487. The monoisotopic (exact) mass is 418 g/mol. The molecule has 0 atom stereocenters. The Morgan fingerprint density at radius 1 is 1.06 bits per heavy atom. The fourth-order valence-corrected chi connectivity index (χ4v) is 4.59. The van der Waals surface area contributed by atoms with Gasteiger partial charge in [-0.1, -0.05) is 30.3 Å². The lowest BCUT2D eigenvalue weighted by atomic mass is 9.74. The molecule has 0 radical (unpaired) electrons. The number of methoxy groups -OCH3 is 1. The number of amides is 1. The molecule has 5 heteroatoms. The topological polar surface area (TPSA) is 52.5 Å². The Balaban J connectivity index is 1.56. The van der Waals surface area contributed by atoms with Crippen LogP contribution in [0.5, 0.6) is 5.75 Å². The van der Waals surface area contributed by atoms with E-state index in [2.05, 4.69) is 34.1 Å². The summed E-state index contributed by atoms with van der Waals surface area (Å²) in [6, 6.07) is 20.3. The molecule has 1 fully saturated rings. The quantitative estimate of drug-likeness (QED) is 0.637. The highest BCUT2D eigenvalue weighted by Crippen LogP contribution is 2.35. The Morgan fingerprint density at radius 3 is 2.39 bits per heavy atom. The van der Waals surface area contributed by atoms with Crippen molar-refractivity contribution in [2.24, 2.45) is 0 Å². The van der Waals surface area contributed by atoms with E-state index < -0.39 is 0 Å². The molecule has 0 aliphatic carbocycles. The van der Waals surface area contributed by atoms with Gasteiger partial charge in [0.2, 0.25) is 0 Å². The largest absolute Gasteiger partial charge is 0.497 e. The van der Waals surface area contributed by atoms with E-state index in [4.69, 9.17) is 9.47 Å². The predicted molar refractivity (Wildman–Crippen MR) is 122 cm³/mol. The number of nitrogens with zero attached hydrogens (tertiary/aromatic N) is 1. The molecular formula is C26H30N2O3. The SMILES string of the molecule is COc1ccc(C2(CNC(=O)c3cc(C)n(-c4ccccc4)c3C)CCOCC2)cc1. The summed E-state index contributed by atoms with van der Waals surface area (Å²) < 4.78 is 13.1. The molecular weight excluding hydrogens is 388 g/mol. The van der Waals surface area contributed by atoms with Crippen LogP contribution in [0.15, 0.2) is 60.7 Å². The third-order valence-corrected chi connectivity index (χ3v) is 6.43. The van der Waals surface area contributed by atoms with E-state index in [1.165, 1.54) is 5.56 Å². The van der Waals surface area contributed by atoms with Crippen molar-refractivity contribution < 1.29 is 14.3 Å². The van der Waals surface area contributed by atoms with Crippen molar-refractivity contribution >= 4 is 5.91 Å². The van der Waals surface area contributed by atoms with Crippen LogP contribution < -0.4 is 10.1 Å². The van der Waals surface area contributed by atoms with E-state index in [0.717, 1.165) is 41.2 Å². The molecule has 0 bridgehead atoms. The van der Waals surface area contributed by atoms with Crippen molar-refractivity contribution in [2.75, 3.05) is 26.9 Å². The van der Waals surface area contributed by atoms with Gasteiger partial charge in [-0.3, -0.25) is 4.79 Å². The molecule has 3 aromatic rings. The Morgan fingerprint density at radius 2 is 1.74 bits per heavy atom. The fourth-order valence-electron chi connectivity index (χ4n) is 4.59. The molecule has 31 heavy (non-hydrogen) atoms. The Bertz CT molecular complexity index is 1030. The van der Waals surface area contributed by atoms with Crippen molar-refractivity contribution in [3.8, 4) is 11.4 Å². The molecule has 1 saturated heterocycles. The maximum absolute atomic E-state index is 13.2. The van der Waals surface area contributed by atoms with Gasteiger partial charge in [-0.15, -0.1) is 0 Å². The summed E-state index contributed by atoms with van der Waals surface area (Å²) in [4.78, 5) is 13.2. The molecule has 1 amide bonds. The zero-order chi connectivity index (χ0) is 21.8. The highest BCUT2D eigenvalue weighted by atomic mass is 16.5. The van der Waals surface area contributed by atoms with Gasteiger partial charge < -0.3 is 19.4 Å². The number of carbonyl (C=O) groups excluding carboxylic acids is 1. The minimum absolute atomic E-state index is 0.0327. The van der Waals surface area contributed by atoms with Crippen molar-refractivity contribution in [3.63, 3.8) is 0 Å². The summed E-state index contributed by atoms with van der Waals surface area (Å²) in [6.07, 6.45) is 1.76. The number of rotatable bonds is 6. The van der Waals surface area contributed by atoms with Crippen LogP contribution in [0.1, 0.15) is 40.2 Å². The lowest BCUT2D eigenvalue weighted by Crippen LogP contribution is -2.44. The molecule has 0 spiro atoms. The smallest absolute Gasteiger partial charge is 0.253 e. The van der Waals surface area contributed by atoms with E-state index in [-0.39, 0.29) is 11.3 Å². The average molecular weight is 419 g/mol. The summed E-state index contributed by atoms with van der Waals surface area (Å²) in [5, 5.41) is 3.23. The first kappa shape index (κ1) is 21.2. The third-order valence-electron chi connectivity index (χ3n) is 6.43. The summed E-state index contributed by atoms with van der Waals surface area (Å²) >= 11 is 0. The first-order valence-corrected chi connectivity index (χ1v) is 10.8. The van der Waals surface area contributed by atoms with Crippen molar-refractivity contribution in [2.45, 2.75) is 32.1 Å². The number of aromatic nitrogens is 1. The molecule has 5 nitrogen and oxygen atoms in total. The Hall–Kier alpha value is -3.05. The van der Waals surface area contributed by atoms with E-state index >= 15 is 0 Å². The van der Waals surface area contributed by atoms with Gasteiger partial charge in [0.1, 0.15) is 5.75 Å². The molecule has 0 saturated carbocycles. The minimum Gasteiger partial charge on any atom is -0.497 e. The highest BCUT2D eigenvalue weighted by Gasteiger charge is 2.35. The molecule has 1 aromatic heterocycles. The summed E-state index contributed by atoms with van der Waals surface area (Å²) in [7, 11) is 1.67. The first-order chi connectivity index (χ1) is 15.0. The van der Waals surface area contributed by atoms with Crippen molar-refractivity contribution in [1.29, 1.82) is 0 Å². The van der Waals surface area contributed by atoms with Crippen LogP contribution in [0.2, 0.25) is 0 Å². The molecule has 4 rings (SSSR count). The van der Waals surface area contributed by atoms with Gasteiger partial charge in [0.25, 0.3) is 5.91 Å². The second-order valence-electron chi connectivity index (χ2n) is 8.26. The predicted octanol–water partition coefficient (Wildman–Crippen LogP) is 4.58. The zero-order valence-electron chi connectivity index (χ0n) is 18.5. The molecule has 162 valence electrons. The normalized spacial score (nSPS) is 15.5. The number of benzene rings is 2. The first-order valence-electron chi connectivity index (χ1n) is 10.8. The third kappa shape index (κ3) is 4.23. The van der Waals surface area contributed by atoms with E-state index in [1.54, 1.807) is 7.11 Å². The van der Waals surface area contributed by atoms with E-state index in [0.29, 0.717) is 19.8 Å². The van der Waals surface area contributed by atoms with Gasteiger partial charge in [-0.2, -0.15) is 0 Å². The van der Waals surface area contributed by atoms with E-state index in [1.807, 2.05) is 50.2 Å². The number of nitrogens with one attached hydrogen (secondary N) is 1. The standard InChI is InChI=1S/C26H30N2O3/c1-19-17-24(20(2)28(19)22-7-5-4-6-8-22)25(29)27-18-26(13-15-31-16-14-26)21-9-11-23(30-3)12-10-21/h4-12,17H,13-16,18H2,1-3H3,(H,27,29). The summed E-state index contributed by atoms with van der Waals surface area (Å²) in [5.74, 6) is 0.804. The van der Waals surface area contributed by atoms with Gasteiger partial charge in [0, 0.05) is 42.2 Å². The molecule has 2 heterocycles. The minimum atomic E-state index is -0.134. The van der Waals surface area contributed by atoms with Gasteiger partial charge in [0.05, 0.1) is 12.7 Å². The second-order valence-corrected chi connectivity index (χ2v) is 8.26. The second kappa shape index (κ2) is 8.98. The number of hydrogen-bond donors (Lipinski definition) is 1. The van der Waals surface area contributed by atoms with Crippen LogP contribution in [0, 0.1) is 13.8 Å². The molecule has 1 aliphatic rings. The van der Waals surface area contributed by atoms with Crippen LogP contribution in [0.3, 0.4) is 0 Å². The maximum atomic E-state index is 13.2. The highest BCUT2D eigenvalue weighted by molar-refractivity contribution is 5.96. The van der Waals surface area contributed by atoms with Crippen LogP contribution in [0.4, 0.5) is 0 Å². The number of hydrogen-bond acceptors (Lipinski definition) is 3. The summed E-state index contributed by atoms with van der Waals surface area (Å²) in [5.41, 5.74) is 4.86. The molecule has 1 aliphatic heterocycles. The number of carbonyl (C=O) groups is 1. The number of ether oxygens (including phenoxy) is 2. The molecule has 1 N–H and O–H groups in total. The zero-order valence-corrected chi connectivity index (χ0v) is 18.5. The van der Waals surface area contributed by atoms with Crippen LogP contribution in [-0.2, 0) is 10.2 Å². The van der Waals surface area contributed by atoms with Crippen LogP contribution >= 0.6 is 0 Å². The molecule has 0 unspecified atom stereocenters. The average Bonchev–Trinajstić information content (AvgIpc) is 3.12. The van der Waals surface area contributed by atoms with Crippen molar-refractivity contribution in [1.82, 2.24) is 9.88 Å². The number of para-hydroxylation sites is 1. The van der Waals surface area contributed by atoms with Gasteiger partial charge in [-0.05, 0) is 62.6 Å². The fraction of sp³-hybridized carbons (Fsp3) is 0.346. The maximum Gasteiger partial charge on any atom is 0.253 e. The van der Waals surface area contributed by atoms with E-state index in [9.17, 15) is 4.79 Å². The Labute approximate surface area is 184 Å². The van der Waals surface area contributed by atoms with Crippen molar-refractivity contribution in [3.05, 3.63) is 83.2 Å². The Kier molecular flexibility index (Phi) is 6.14. The van der Waals surface area contributed by atoms with Gasteiger partial charge >= 0.3 is 0 Å². The van der Waals surface area contributed by atoms with Gasteiger partial charge in [-0.25, -0.2) is 0 Å². The van der Waals surface area contributed by atoms with Crippen LogP contribution in [0.25, 0.3) is 5.69 Å². The number of aryl methyl sites for hydroxylation is 1. The van der Waals surface area contributed by atoms with Crippen LogP contribution in [-0.4, -0.2) is 37.3 Å².